The molecule has 0 bridgehead atoms. The number of amides is 1. The van der Waals surface area contributed by atoms with Crippen LogP contribution in [0.3, 0.4) is 0 Å². The van der Waals surface area contributed by atoms with Crippen LogP contribution in [-0.4, -0.2) is 54.5 Å². The average molecular weight is 214 g/mol. The van der Waals surface area contributed by atoms with Crippen LogP contribution in [0.5, 0.6) is 0 Å². The summed E-state index contributed by atoms with van der Waals surface area (Å²) in [6.07, 6.45) is 0.460. The number of aliphatic hydroxyl groups is 1. The summed E-state index contributed by atoms with van der Waals surface area (Å²) < 4.78 is 5.06. The van der Waals surface area contributed by atoms with Gasteiger partial charge < -0.3 is 15.2 Å². The molecule has 5 heteroatoms. The van der Waals surface area contributed by atoms with Crippen LogP contribution in [-0.2, 0) is 4.74 Å². The summed E-state index contributed by atoms with van der Waals surface area (Å²) in [5.74, 6) is 0.370. The summed E-state index contributed by atoms with van der Waals surface area (Å²) >= 11 is 0. The highest BCUT2D eigenvalue weighted by Gasteiger charge is 2.30. The standard InChI is InChI=1S/C10H18N2O3/c1-7(13)8-2-3-12(5-8)6-9-4-11-10(14)15-9/h7-9,13H,2-6H2,1H3,(H,11,14). The van der Waals surface area contributed by atoms with E-state index in [0.29, 0.717) is 12.5 Å². The summed E-state index contributed by atoms with van der Waals surface area (Å²) in [6.45, 7) is 5.12. The van der Waals surface area contributed by atoms with Gasteiger partial charge in [-0.3, -0.25) is 4.90 Å². The Kier molecular flexibility index (Phi) is 3.11. The van der Waals surface area contributed by atoms with Gasteiger partial charge >= 0.3 is 6.09 Å². The lowest BCUT2D eigenvalue weighted by Crippen LogP contribution is -2.33. The van der Waals surface area contributed by atoms with E-state index in [4.69, 9.17) is 4.74 Å². The van der Waals surface area contributed by atoms with Crippen LogP contribution in [0.4, 0.5) is 4.79 Å². The summed E-state index contributed by atoms with van der Waals surface area (Å²) in [6, 6.07) is 0. The minimum atomic E-state index is -0.314. The molecule has 0 spiro atoms. The molecule has 86 valence electrons. The Balaban J connectivity index is 1.75. The predicted molar refractivity (Wildman–Crippen MR) is 54.5 cm³/mol. The zero-order valence-electron chi connectivity index (χ0n) is 8.98. The number of ether oxygens (including phenoxy) is 1. The van der Waals surface area contributed by atoms with E-state index in [2.05, 4.69) is 10.2 Å². The third kappa shape index (κ3) is 2.60. The second-order valence-corrected chi connectivity index (χ2v) is 4.46. The Morgan fingerprint density at radius 1 is 1.73 bits per heavy atom. The van der Waals surface area contributed by atoms with Gasteiger partial charge in [-0.15, -0.1) is 0 Å². The highest BCUT2D eigenvalue weighted by atomic mass is 16.6. The van der Waals surface area contributed by atoms with E-state index in [0.717, 1.165) is 26.1 Å². The third-order valence-electron chi connectivity index (χ3n) is 3.20. The summed E-state index contributed by atoms with van der Waals surface area (Å²) in [5.41, 5.74) is 0. The van der Waals surface area contributed by atoms with Crippen LogP contribution in [0.15, 0.2) is 0 Å². The number of aliphatic hydroxyl groups excluding tert-OH is 1. The van der Waals surface area contributed by atoms with Gasteiger partial charge in [0.1, 0.15) is 6.10 Å². The van der Waals surface area contributed by atoms with Gasteiger partial charge in [0.15, 0.2) is 0 Å². The van der Waals surface area contributed by atoms with Crippen molar-refractivity contribution in [3.8, 4) is 0 Å². The van der Waals surface area contributed by atoms with Gasteiger partial charge in [0.2, 0.25) is 0 Å². The van der Waals surface area contributed by atoms with E-state index in [1.807, 2.05) is 6.92 Å². The molecule has 0 aliphatic carbocycles. The molecule has 5 nitrogen and oxygen atoms in total. The van der Waals surface area contributed by atoms with Crippen LogP contribution in [0.1, 0.15) is 13.3 Å². The van der Waals surface area contributed by atoms with Crippen molar-refractivity contribution < 1.29 is 14.6 Å². The molecule has 2 saturated heterocycles. The number of likely N-dealkylation sites (tertiary alicyclic amines) is 1. The van der Waals surface area contributed by atoms with E-state index >= 15 is 0 Å². The van der Waals surface area contributed by atoms with Crippen LogP contribution in [0.25, 0.3) is 0 Å². The molecule has 2 aliphatic heterocycles. The molecule has 1 amide bonds. The van der Waals surface area contributed by atoms with Crippen LogP contribution in [0, 0.1) is 5.92 Å². The zero-order chi connectivity index (χ0) is 10.8. The first kappa shape index (κ1) is 10.7. The lowest BCUT2D eigenvalue weighted by Gasteiger charge is -2.19. The number of rotatable bonds is 3. The number of nitrogens with one attached hydrogen (secondary N) is 1. The number of hydrogen-bond donors (Lipinski definition) is 2. The highest BCUT2D eigenvalue weighted by Crippen LogP contribution is 2.20. The quantitative estimate of drug-likeness (QED) is 0.683. The van der Waals surface area contributed by atoms with E-state index in [9.17, 15) is 9.90 Å². The van der Waals surface area contributed by atoms with Gasteiger partial charge in [-0.1, -0.05) is 0 Å². The van der Waals surface area contributed by atoms with Crippen LogP contribution >= 0.6 is 0 Å². The SMILES string of the molecule is CC(O)C1CCN(CC2CNC(=O)O2)C1. The molecule has 0 aromatic carbocycles. The van der Waals surface area contributed by atoms with Gasteiger partial charge in [0, 0.05) is 13.1 Å². The molecule has 2 N–H and O–H groups in total. The molecule has 2 heterocycles. The summed E-state index contributed by atoms with van der Waals surface area (Å²) in [5, 5.41) is 12.1. The fraction of sp³-hybridized carbons (Fsp3) is 0.900. The maximum Gasteiger partial charge on any atom is 0.407 e. The molecular weight excluding hydrogens is 196 g/mol. The number of cyclic esters (lactones) is 1. The van der Waals surface area contributed by atoms with Crippen molar-refractivity contribution in [1.82, 2.24) is 10.2 Å². The Hall–Kier alpha value is -0.810. The lowest BCUT2D eigenvalue weighted by molar-refractivity contribution is 0.103. The average Bonchev–Trinajstić information content (AvgIpc) is 2.76. The predicted octanol–water partition coefficient (Wildman–Crippen LogP) is -0.203. The van der Waals surface area contributed by atoms with Gasteiger partial charge in [-0.25, -0.2) is 4.79 Å². The zero-order valence-corrected chi connectivity index (χ0v) is 8.98. The van der Waals surface area contributed by atoms with Crippen molar-refractivity contribution in [2.75, 3.05) is 26.2 Å². The molecule has 3 atom stereocenters. The fourth-order valence-corrected chi connectivity index (χ4v) is 2.24. The van der Waals surface area contributed by atoms with E-state index in [1.54, 1.807) is 0 Å². The van der Waals surface area contributed by atoms with Gasteiger partial charge in [0.05, 0.1) is 12.6 Å². The fourth-order valence-electron chi connectivity index (χ4n) is 2.24. The molecule has 2 fully saturated rings. The van der Waals surface area contributed by atoms with Crippen molar-refractivity contribution in [1.29, 1.82) is 0 Å². The smallest absolute Gasteiger partial charge is 0.407 e. The largest absolute Gasteiger partial charge is 0.443 e. The third-order valence-corrected chi connectivity index (χ3v) is 3.20. The van der Waals surface area contributed by atoms with E-state index in [-0.39, 0.29) is 18.3 Å². The van der Waals surface area contributed by atoms with Crippen molar-refractivity contribution in [3.05, 3.63) is 0 Å². The minimum absolute atomic E-state index is 0.0229. The molecule has 0 radical (unpaired) electrons. The normalized spacial score (nSPS) is 33.9. The lowest BCUT2D eigenvalue weighted by atomic mass is 10.0. The van der Waals surface area contributed by atoms with E-state index < -0.39 is 0 Å². The first-order valence-electron chi connectivity index (χ1n) is 5.50. The van der Waals surface area contributed by atoms with Crippen LogP contribution < -0.4 is 5.32 Å². The Labute approximate surface area is 89.4 Å². The molecule has 15 heavy (non-hydrogen) atoms. The molecular formula is C10H18N2O3. The second kappa shape index (κ2) is 4.37. The molecule has 0 aromatic heterocycles. The van der Waals surface area contributed by atoms with Crippen molar-refractivity contribution >= 4 is 6.09 Å². The van der Waals surface area contributed by atoms with Crippen molar-refractivity contribution in [3.63, 3.8) is 0 Å². The Morgan fingerprint density at radius 3 is 3.07 bits per heavy atom. The first-order chi connectivity index (χ1) is 7.15. The first-order valence-corrected chi connectivity index (χ1v) is 5.50. The highest BCUT2D eigenvalue weighted by molar-refractivity contribution is 5.69. The Morgan fingerprint density at radius 2 is 2.53 bits per heavy atom. The number of nitrogens with zero attached hydrogens (tertiary/aromatic N) is 1. The summed E-state index contributed by atoms with van der Waals surface area (Å²) in [7, 11) is 0. The molecule has 0 saturated carbocycles. The topological polar surface area (TPSA) is 61.8 Å². The van der Waals surface area contributed by atoms with Gasteiger partial charge in [0.25, 0.3) is 0 Å². The van der Waals surface area contributed by atoms with Gasteiger partial charge in [-0.05, 0) is 25.8 Å². The molecule has 2 aliphatic rings. The number of alkyl carbamates (subject to hydrolysis) is 1. The Bertz CT molecular complexity index is 245. The monoisotopic (exact) mass is 214 g/mol. The van der Waals surface area contributed by atoms with Gasteiger partial charge in [-0.2, -0.15) is 0 Å². The minimum Gasteiger partial charge on any atom is -0.443 e. The maximum atomic E-state index is 10.8. The molecule has 2 rings (SSSR count). The number of carbonyl (C=O) groups excluding carboxylic acids is 1. The number of hydrogen-bond acceptors (Lipinski definition) is 4. The van der Waals surface area contributed by atoms with E-state index in [1.165, 1.54) is 0 Å². The number of carbonyl (C=O) groups is 1. The maximum absolute atomic E-state index is 10.8. The molecule has 3 unspecified atom stereocenters. The summed E-state index contributed by atoms with van der Waals surface area (Å²) in [4.78, 5) is 13.1. The van der Waals surface area contributed by atoms with Crippen LogP contribution in [0.2, 0.25) is 0 Å². The molecule has 0 aromatic rings. The second-order valence-electron chi connectivity index (χ2n) is 4.46. The van der Waals surface area contributed by atoms with Crippen molar-refractivity contribution in [2.24, 2.45) is 5.92 Å². The van der Waals surface area contributed by atoms with Crippen molar-refractivity contribution in [2.45, 2.75) is 25.6 Å².